The van der Waals surface area contributed by atoms with Crippen molar-refractivity contribution >= 4 is 28.7 Å². The molecule has 4 rings (SSSR count). The molecule has 0 aliphatic carbocycles. The fraction of sp³-hybridized carbons (Fsp3) is 0.176. The van der Waals surface area contributed by atoms with E-state index in [1.54, 1.807) is 17.7 Å². The van der Waals surface area contributed by atoms with Crippen molar-refractivity contribution in [3.8, 4) is 0 Å². The van der Waals surface area contributed by atoms with E-state index in [0.29, 0.717) is 0 Å². The molecule has 3 heterocycles. The first-order valence-corrected chi connectivity index (χ1v) is 8.30. The van der Waals surface area contributed by atoms with Gasteiger partial charge in [0.05, 0.1) is 16.6 Å². The second-order valence-corrected chi connectivity index (χ2v) is 6.58. The molecule has 23 heavy (non-hydrogen) atoms. The molecule has 0 spiro atoms. The van der Waals surface area contributed by atoms with Crippen LogP contribution < -0.4 is 10.2 Å². The van der Waals surface area contributed by atoms with Crippen molar-refractivity contribution in [1.29, 1.82) is 0 Å². The standard InChI is InChI=1S/C17H17N5S/c1-21(2)13-7-5-12(6-8-13)14-10-15(16-4-3-9-23-16)22-17(20-14)18-11-19-22/h3-11,14H,1-2H3,(H,18,19,20). The van der Waals surface area contributed by atoms with Gasteiger partial charge in [-0.15, -0.1) is 11.3 Å². The molecule has 1 atom stereocenters. The van der Waals surface area contributed by atoms with Gasteiger partial charge in [-0.3, -0.25) is 0 Å². The van der Waals surface area contributed by atoms with Crippen LogP contribution in [0.5, 0.6) is 0 Å². The summed E-state index contributed by atoms with van der Waals surface area (Å²) < 4.78 is 1.86. The minimum absolute atomic E-state index is 0.0833. The Hall–Kier alpha value is -2.60. The van der Waals surface area contributed by atoms with Crippen LogP contribution in [0.2, 0.25) is 0 Å². The minimum Gasteiger partial charge on any atom is -0.378 e. The molecule has 3 aromatic rings. The number of benzene rings is 1. The molecule has 1 aliphatic rings. The Labute approximate surface area is 138 Å². The lowest BCUT2D eigenvalue weighted by Crippen LogP contribution is -2.19. The summed E-state index contributed by atoms with van der Waals surface area (Å²) in [6.45, 7) is 0. The van der Waals surface area contributed by atoms with Crippen LogP contribution in [0.15, 0.2) is 54.2 Å². The lowest BCUT2D eigenvalue weighted by molar-refractivity contribution is 0.830. The number of nitrogens with one attached hydrogen (secondary N) is 1. The van der Waals surface area contributed by atoms with Gasteiger partial charge in [-0.1, -0.05) is 18.2 Å². The Balaban J connectivity index is 1.74. The van der Waals surface area contributed by atoms with E-state index in [9.17, 15) is 0 Å². The number of thiophene rings is 1. The lowest BCUT2D eigenvalue weighted by atomic mass is 10.0. The third-order valence-electron chi connectivity index (χ3n) is 3.93. The maximum Gasteiger partial charge on any atom is 0.226 e. The molecule has 1 aromatic carbocycles. The quantitative estimate of drug-likeness (QED) is 0.802. The van der Waals surface area contributed by atoms with Crippen LogP contribution in [0.1, 0.15) is 16.5 Å². The number of hydrogen-bond acceptors (Lipinski definition) is 5. The molecule has 0 fully saturated rings. The van der Waals surface area contributed by atoms with Crippen LogP contribution in [-0.2, 0) is 0 Å². The van der Waals surface area contributed by atoms with Crippen molar-refractivity contribution in [2.45, 2.75) is 6.04 Å². The van der Waals surface area contributed by atoms with Gasteiger partial charge in [0.25, 0.3) is 0 Å². The average Bonchev–Trinajstić information content (AvgIpc) is 3.25. The SMILES string of the molecule is CN(C)c1ccc(C2C=C(c3cccs3)n3ncnc3N2)cc1. The number of anilines is 2. The number of aromatic nitrogens is 3. The van der Waals surface area contributed by atoms with E-state index in [1.165, 1.54) is 16.1 Å². The Morgan fingerprint density at radius 3 is 2.70 bits per heavy atom. The average molecular weight is 323 g/mol. The summed E-state index contributed by atoms with van der Waals surface area (Å²) in [5, 5.41) is 9.85. The van der Waals surface area contributed by atoms with E-state index >= 15 is 0 Å². The van der Waals surface area contributed by atoms with E-state index in [1.807, 2.05) is 18.8 Å². The van der Waals surface area contributed by atoms with Crippen molar-refractivity contribution in [3.05, 3.63) is 64.6 Å². The van der Waals surface area contributed by atoms with Crippen LogP contribution in [0.25, 0.3) is 5.70 Å². The normalized spacial score (nSPS) is 16.4. The van der Waals surface area contributed by atoms with Crippen LogP contribution >= 0.6 is 11.3 Å². The molecule has 1 unspecified atom stereocenters. The van der Waals surface area contributed by atoms with Gasteiger partial charge in [0, 0.05) is 19.8 Å². The first kappa shape index (κ1) is 14.0. The molecule has 0 saturated carbocycles. The van der Waals surface area contributed by atoms with Gasteiger partial charge in [-0.2, -0.15) is 14.8 Å². The molecule has 0 radical (unpaired) electrons. The van der Waals surface area contributed by atoms with Crippen molar-refractivity contribution in [3.63, 3.8) is 0 Å². The summed E-state index contributed by atoms with van der Waals surface area (Å²) in [6, 6.07) is 12.8. The molecule has 1 N–H and O–H groups in total. The molecule has 5 nitrogen and oxygen atoms in total. The lowest BCUT2D eigenvalue weighted by Gasteiger charge is -2.24. The van der Waals surface area contributed by atoms with Crippen molar-refractivity contribution in [2.24, 2.45) is 0 Å². The Morgan fingerprint density at radius 1 is 1.17 bits per heavy atom. The second-order valence-electron chi connectivity index (χ2n) is 5.63. The monoisotopic (exact) mass is 323 g/mol. The van der Waals surface area contributed by atoms with Crippen LogP contribution in [0.4, 0.5) is 11.6 Å². The number of fused-ring (bicyclic) bond motifs is 1. The molecule has 6 heteroatoms. The highest BCUT2D eigenvalue weighted by atomic mass is 32.1. The molecule has 0 bridgehead atoms. The predicted molar refractivity (Wildman–Crippen MR) is 94.8 cm³/mol. The topological polar surface area (TPSA) is 46.0 Å². The van der Waals surface area contributed by atoms with Gasteiger partial charge >= 0.3 is 0 Å². The first-order chi connectivity index (χ1) is 11.2. The highest BCUT2D eigenvalue weighted by Gasteiger charge is 2.22. The van der Waals surface area contributed by atoms with E-state index in [2.05, 4.69) is 68.2 Å². The fourth-order valence-electron chi connectivity index (χ4n) is 2.70. The van der Waals surface area contributed by atoms with Crippen molar-refractivity contribution < 1.29 is 0 Å². The molecule has 2 aromatic heterocycles. The van der Waals surface area contributed by atoms with Crippen LogP contribution in [0, 0.1) is 0 Å². The first-order valence-electron chi connectivity index (χ1n) is 7.42. The molecule has 0 amide bonds. The van der Waals surface area contributed by atoms with Crippen LogP contribution in [-0.4, -0.2) is 28.9 Å². The van der Waals surface area contributed by atoms with Gasteiger partial charge in [0.2, 0.25) is 5.95 Å². The molecule has 1 aliphatic heterocycles. The van der Waals surface area contributed by atoms with E-state index in [0.717, 1.165) is 11.6 Å². The summed E-state index contributed by atoms with van der Waals surface area (Å²) in [6.07, 6.45) is 3.79. The van der Waals surface area contributed by atoms with E-state index in [-0.39, 0.29) is 6.04 Å². The Bertz CT molecular complexity index is 830. The fourth-order valence-corrected chi connectivity index (χ4v) is 3.43. The van der Waals surface area contributed by atoms with Gasteiger partial charge in [0.15, 0.2) is 0 Å². The zero-order chi connectivity index (χ0) is 15.8. The summed E-state index contributed by atoms with van der Waals surface area (Å²) in [4.78, 5) is 7.62. The van der Waals surface area contributed by atoms with E-state index < -0.39 is 0 Å². The third kappa shape index (κ3) is 2.51. The molecule has 0 saturated heterocycles. The summed E-state index contributed by atoms with van der Waals surface area (Å²) in [7, 11) is 4.09. The Morgan fingerprint density at radius 2 is 2.00 bits per heavy atom. The Kier molecular flexibility index (Phi) is 3.38. The summed E-state index contributed by atoms with van der Waals surface area (Å²) in [5.74, 6) is 0.776. The maximum atomic E-state index is 4.33. The summed E-state index contributed by atoms with van der Waals surface area (Å²) in [5.41, 5.74) is 3.47. The minimum atomic E-state index is 0.0833. The second kappa shape index (κ2) is 5.55. The van der Waals surface area contributed by atoms with Crippen molar-refractivity contribution in [1.82, 2.24) is 14.8 Å². The molecular weight excluding hydrogens is 306 g/mol. The number of rotatable bonds is 3. The number of hydrogen-bond donors (Lipinski definition) is 1. The van der Waals surface area contributed by atoms with Gasteiger partial charge in [-0.05, 0) is 35.2 Å². The smallest absolute Gasteiger partial charge is 0.226 e. The van der Waals surface area contributed by atoms with Crippen LogP contribution in [0.3, 0.4) is 0 Å². The zero-order valence-electron chi connectivity index (χ0n) is 13.0. The maximum absolute atomic E-state index is 4.33. The summed E-state index contributed by atoms with van der Waals surface area (Å²) >= 11 is 1.71. The van der Waals surface area contributed by atoms with Crippen molar-refractivity contribution in [2.75, 3.05) is 24.3 Å². The largest absolute Gasteiger partial charge is 0.378 e. The van der Waals surface area contributed by atoms with E-state index in [4.69, 9.17) is 0 Å². The van der Waals surface area contributed by atoms with Gasteiger partial charge in [0.1, 0.15) is 6.33 Å². The molecule has 116 valence electrons. The number of nitrogens with zero attached hydrogens (tertiary/aromatic N) is 4. The predicted octanol–water partition coefficient (Wildman–Crippen LogP) is 3.46. The highest BCUT2D eigenvalue weighted by Crippen LogP contribution is 2.33. The molecular formula is C17H17N5S. The van der Waals surface area contributed by atoms with Gasteiger partial charge in [-0.25, -0.2) is 0 Å². The highest BCUT2D eigenvalue weighted by molar-refractivity contribution is 7.11. The van der Waals surface area contributed by atoms with Gasteiger partial charge < -0.3 is 10.2 Å². The third-order valence-corrected chi connectivity index (χ3v) is 4.82. The zero-order valence-corrected chi connectivity index (χ0v) is 13.8.